The number of piperidine rings is 1. The number of carbonyl (C=O) groups excluding carboxylic acids is 1. The van der Waals surface area contributed by atoms with Gasteiger partial charge in [-0.05, 0) is 49.9 Å². The predicted molar refractivity (Wildman–Crippen MR) is 90.3 cm³/mol. The molecule has 1 N–H and O–H groups in total. The molecule has 0 radical (unpaired) electrons. The van der Waals surface area contributed by atoms with Crippen LogP contribution in [0, 0.1) is 5.92 Å². The van der Waals surface area contributed by atoms with Gasteiger partial charge in [-0.1, -0.05) is 12.1 Å². The quantitative estimate of drug-likeness (QED) is 0.867. The van der Waals surface area contributed by atoms with E-state index < -0.39 is 0 Å². The van der Waals surface area contributed by atoms with E-state index in [1.165, 1.54) is 0 Å². The summed E-state index contributed by atoms with van der Waals surface area (Å²) in [5.74, 6) is 1.22. The minimum atomic E-state index is -0.301. The molecule has 0 aliphatic carbocycles. The lowest BCUT2D eigenvalue weighted by Crippen LogP contribution is -2.44. The summed E-state index contributed by atoms with van der Waals surface area (Å²) in [6.45, 7) is 4.60. The van der Waals surface area contributed by atoms with Crippen molar-refractivity contribution in [1.82, 2.24) is 9.80 Å². The van der Waals surface area contributed by atoms with E-state index in [0.29, 0.717) is 13.1 Å². The lowest BCUT2D eigenvalue weighted by Gasteiger charge is -2.34. The Balaban J connectivity index is 1.84. The fraction of sp³-hybridized carbons (Fsp3) is 0.611. The molecule has 1 amide bonds. The summed E-state index contributed by atoms with van der Waals surface area (Å²) in [6.07, 6.45) is 1.79. The molecule has 1 aliphatic heterocycles. The summed E-state index contributed by atoms with van der Waals surface area (Å²) >= 11 is 0. The maximum absolute atomic E-state index is 12.4. The summed E-state index contributed by atoms with van der Waals surface area (Å²) in [6, 6.07) is 7.77. The standard InChI is InChI=1S/C18H28N2O3/c1-14(21)16-5-4-10-20(12-16)13-18(22)19(2)11-15-6-8-17(23-3)9-7-15/h6-9,14,16,21H,4-5,10-13H2,1-3H3. The van der Waals surface area contributed by atoms with Gasteiger partial charge in [-0.3, -0.25) is 9.69 Å². The van der Waals surface area contributed by atoms with E-state index >= 15 is 0 Å². The Morgan fingerprint density at radius 2 is 2.13 bits per heavy atom. The van der Waals surface area contributed by atoms with Crippen LogP contribution in [0.5, 0.6) is 5.75 Å². The topological polar surface area (TPSA) is 53.0 Å². The average Bonchev–Trinajstić information content (AvgIpc) is 2.55. The largest absolute Gasteiger partial charge is 0.497 e. The zero-order chi connectivity index (χ0) is 16.8. The van der Waals surface area contributed by atoms with Crippen molar-refractivity contribution in [3.8, 4) is 5.75 Å². The Hall–Kier alpha value is -1.59. The van der Waals surface area contributed by atoms with Crippen molar-refractivity contribution in [1.29, 1.82) is 0 Å². The Morgan fingerprint density at radius 3 is 2.74 bits per heavy atom. The third-order valence-corrected chi connectivity index (χ3v) is 4.59. The Kier molecular flexibility index (Phi) is 6.42. The van der Waals surface area contributed by atoms with E-state index in [1.807, 2.05) is 38.2 Å². The molecule has 1 heterocycles. The second-order valence-electron chi connectivity index (χ2n) is 6.48. The van der Waals surface area contributed by atoms with Crippen LogP contribution < -0.4 is 4.74 Å². The Morgan fingerprint density at radius 1 is 1.43 bits per heavy atom. The van der Waals surface area contributed by atoms with E-state index in [0.717, 1.165) is 37.2 Å². The predicted octanol–water partition coefficient (Wildman–Crippen LogP) is 1.75. The van der Waals surface area contributed by atoms with Crippen LogP contribution in [0.1, 0.15) is 25.3 Å². The zero-order valence-corrected chi connectivity index (χ0v) is 14.4. The van der Waals surface area contributed by atoms with E-state index in [9.17, 15) is 9.90 Å². The molecule has 0 saturated carbocycles. The molecule has 0 aromatic heterocycles. The number of methoxy groups -OCH3 is 1. The lowest BCUT2D eigenvalue weighted by atomic mass is 9.93. The highest BCUT2D eigenvalue weighted by atomic mass is 16.5. The third kappa shape index (κ3) is 5.22. The molecule has 23 heavy (non-hydrogen) atoms. The molecule has 1 aromatic carbocycles. The number of nitrogens with zero attached hydrogens (tertiary/aromatic N) is 2. The van der Waals surface area contributed by atoms with Crippen molar-refractivity contribution in [3.63, 3.8) is 0 Å². The van der Waals surface area contributed by atoms with Crippen molar-refractivity contribution in [2.75, 3.05) is 33.8 Å². The summed E-state index contributed by atoms with van der Waals surface area (Å²) in [4.78, 5) is 16.3. The van der Waals surface area contributed by atoms with Crippen LogP contribution in [0.25, 0.3) is 0 Å². The van der Waals surface area contributed by atoms with E-state index in [1.54, 1.807) is 12.0 Å². The summed E-state index contributed by atoms with van der Waals surface area (Å²) < 4.78 is 5.14. The second kappa shape index (κ2) is 8.31. The van der Waals surface area contributed by atoms with Gasteiger partial charge in [-0.15, -0.1) is 0 Å². The zero-order valence-electron chi connectivity index (χ0n) is 14.4. The van der Waals surface area contributed by atoms with Gasteiger partial charge in [0, 0.05) is 20.1 Å². The first-order chi connectivity index (χ1) is 11.0. The van der Waals surface area contributed by atoms with Gasteiger partial charge in [0.2, 0.25) is 5.91 Å². The molecule has 5 heteroatoms. The van der Waals surface area contributed by atoms with Crippen LogP contribution in [0.15, 0.2) is 24.3 Å². The van der Waals surface area contributed by atoms with Gasteiger partial charge >= 0.3 is 0 Å². The molecule has 0 spiro atoms. The van der Waals surface area contributed by atoms with Crippen molar-refractivity contribution < 1.29 is 14.6 Å². The van der Waals surface area contributed by atoms with Crippen LogP contribution in [0.4, 0.5) is 0 Å². The lowest BCUT2D eigenvalue weighted by molar-refractivity contribution is -0.132. The molecule has 5 nitrogen and oxygen atoms in total. The molecule has 128 valence electrons. The number of ether oxygens (including phenoxy) is 1. The molecule has 1 aromatic rings. The van der Waals surface area contributed by atoms with Gasteiger partial charge in [0.05, 0.1) is 19.8 Å². The minimum absolute atomic E-state index is 0.118. The number of likely N-dealkylation sites (N-methyl/N-ethyl adjacent to an activating group) is 1. The molecule has 2 atom stereocenters. The van der Waals surface area contributed by atoms with Crippen molar-refractivity contribution in [2.45, 2.75) is 32.4 Å². The number of amides is 1. The Labute approximate surface area is 138 Å². The van der Waals surface area contributed by atoms with Crippen LogP contribution in [0.3, 0.4) is 0 Å². The van der Waals surface area contributed by atoms with Crippen molar-refractivity contribution >= 4 is 5.91 Å². The molecule has 0 bridgehead atoms. The van der Waals surface area contributed by atoms with Crippen LogP contribution in [-0.4, -0.2) is 60.7 Å². The van der Waals surface area contributed by atoms with Crippen LogP contribution >= 0.6 is 0 Å². The highest BCUT2D eigenvalue weighted by Gasteiger charge is 2.25. The minimum Gasteiger partial charge on any atom is -0.497 e. The van der Waals surface area contributed by atoms with Gasteiger partial charge in [-0.25, -0.2) is 0 Å². The van der Waals surface area contributed by atoms with E-state index in [4.69, 9.17) is 4.74 Å². The fourth-order valence-electron chi connectivity index (χ4n) is 3.03. The number of rotatable bonds is 6. The molecule has 1 aliphatic rings. The number of likely N-dealkylation sites (tertiary alicyclic amines) is 1. The number of aliphatic hydroxyl groups is 1. The molecular weight excluding hydrogens is 292 g/mol. The normalized spacial score (nSPS) is 20.1. The molecular formula is C18H28N2O3. The monoisotopic (exact) mass is 320 g/mol. The Bertz CT molecular complexity index is 501. The number of hydrogen-bond acceptors (Lipinski definition) is 4. The summed E-state index contributed by atoms with van der Waals surface area (Å²) in [5.41, 5.74) is 1.09. The molecule has 1 fully saturated rings. The van der Waals surface area contributed by atoms with Crippen molar-refractivity contribution in [2.24, 2.45) is 5.92 Å². The maximum Gasteiger partial charge on any atom is 0.236 e. The number of hydrogen-bond donors (Lipinski definition) is 1. The highest BCUT2D eigenvalue weighted by molar-refractivity contribution is 5.78. The van der Waals surface area contributed by atoms with Gasteiger partial charge in [-0.2, -0.15) is 0 Å². The molecule has 2 unspecified atom stereocenters. The first-order valence-corrected chi connectivity index (χ1v) is 8.27. The average molecular weight is 320 g/mol. The number of carbonyl (C=O) groups is 1. The highest BCUT2D eigenvalue weighted by Crippen LogP contribution is 2.19. The fourth-order valence-corrected chi connectivity index (χ4v) is 3.03. The van der Waals surface area contributed by atoms with Gasteiger partial charge in [0.15, 0.2) is 0 Å². The summed E-state index contributed by atoms with van der Waals surface area (Å²) in [5, 5.41) is 9.74. The van der Waals surface area contributed by atoms with E-state index in [2.05, 4.69) is 4.90 Å². The van der Waals surface area contributed by atoms with Crippen LogP contribution in [-0.2, 0) is 11.3 Å². The number of aliphatic hydroxyl groups excluding tert-OH is 1. The van der Waals surface area contributed by atoms with Crippen LogP contribution in [0.2, 0.25) is 0 Å². The first-order valence-electron chi connectivity index (χ1n) is 8.27. The van der Waals surface area contributed by atoms with Gasteiger partial charge in [0.25, 0.3) is 0 Å². The second-order valence-corrected chi connectivity index (χ2v) is 6.48. The summed E-state index contributed by atoms with van der Waals surface area (Å²) in [7, 11) is 3.48. The van der Waals surface area contributed by atoms with E-state index in [-0.39, 0.29) is 17.9 Å². The maximum atomic E-state index is 12.4. The van der Waals surface area contributed by atoms with Gasteiger partial charge < -0.3 is 14.7 Å². The SMILES string of the molecule is COc1ccc(CN(C)C(=O)CN2CCCC(C(C)O)C2)cc1. The number of benzene rings is 1. The molecule has 2 rings (SSSR count). The van der Waals surface area contributed by atoms with Gasteiger partial charge in [0.1, 0.15) is 5.75 Å². The third-order valence-electron chi connectivity index (χ3n) is 4.59. The molecule has 1 saturated heterocycles. The van der Waals surface area contributed by atoms with Crippen molar-refractivity contribution in [3.05, 3.63) is 29.8 Å². The smallest absolute Gasteiger partial charge is 0.236 e. The first kappa shape index (κ1) is 17.8.